The number of benzene rings is 2. The van der Waals surface area contributed by atoms with Crippen molar-refractivity contribution in [2.45, 2.75) is 33.0 Å². The van der Waals surface area contributed by atoms with Crippen molar-refractivity contribution in [1.82, 2.24) is 4.90 Å². The van der Waals surface area contributed by atoms with Gasteiger partial charge in [-0.05, 0) is 30.2 Å². The van der Waals surface area contributed by atoms with E-state index in [1.54, 1.807) is 37.9 Å². The van der Waals surface area contributed by atoms with E-state index >= 15 is 0 Å². The van der Waals surface area contributed by atoms with Gasteiger partial charge in [-0.1, -0.05) is 43.3 Å². The average Bonchev–Trinajstić information content (AvgIpc) is 2.68. The molecule has 2 rings (SSSR count). The molecule has 0 fully saturated rings. The van der Waals surface area contributed by atoms with E-state index in [0.29, 0.717) is 13.2 Å². The third-order valence-corrected chi connectivity index (χ3v) is 4.43. The molecule has 152 valence electrons. The van der Waals surface area contributed by atoms with Crippen molar-refractivity contribution in [1.29, 1.82) is 0 Å². The molecule has 2 aromatic rings. The number of nitrogens with two attached hydrogens (primary N) is 1. The van der Waals surface area contributed by atoms with Crippen molar-refractivity contribution in [2.24, 2.45) is 11.7 Å². The van der Waals surface area contributed by atoms with Crippen LogP contribution in [0.1, 0.15) is 31.0 Å². The van der Waals surface area contributed by atoms with E-state index < -0.39 is 18.6 Å². The minimum Gasteiger partial charge on any atom is -0.490 e. The third kappa shape index (κ3) is 5.66. The summed E-state index contributed by atoms with van der Waals surface area (Å²) in [5.74, 6) is -0.341. The predicted molar refractivity (Wildman–Crippen MR) is 103 cm³/mol. The summed E-state index contributed by atoms with van der Waals surface area (Å²) in [6, 6.07) is 13.7. The van der Waals surface area contributed by atoms with Crippen LogP contribution in [-0.2, 0) is 11.3 Å². The van der Waals surface area contributed by atoms with Gasteiger partial charge in [0.05, 0.1) is 12.5 Å². The van der Waals surface area contributed by atoms with Crippen LogP contribution in [-0.4, -0.2) is 31.1 Å². The lowest BCUT2D eigenvalue weighted by Crippen LogP contribution is -2.36. The van der Waals surface area contributed by atoms with Crippen LogP contribution in [0.2, 0.25) is 0 Å². The number of ether oxygens (including phenoxy) is 2. The maximum Gasteiger partial charge on any atom is 0.387 e. The molecule has 0 radical (unpaired) electrons. The summed E-state index contributed by atoms with van der Waals surface area (Å²) < 4.78 is 34.9. The molecule has 0 saturated heterocycles. The first-order valence-corrected chi connectivity index (χ1v) is 9.09. The fourth-order valence-corrected chi connectivity index (χ4v) is 2.93. The molecule has 7 heteroatoms. The van der Waals surface area contributed by atoms with Gasteiger partial charge in [0, 0.05) is 19.6 Å². The van der Waals surface area contributed by atoms with Gasteiger partial charge in [-0.25, -0.2) is 0 Å². The fourth-order valence-electron chi connectivity index (χ4n) is 2.93. The van der Waals surface area contributed by atoms with Gasteiger partial charge in [-0.2, -0.15) is 8.78 Å². The molecule has 0 saturated carbocycles. The van der Waals surface area contributed by atoms with Gasteiger partial charge >= 0.3 is 6.61 Å². The summed E-state index contributed by atoms with van der Waals surface area (Å²) >= 11 is 0. The molecule has 0 aromatic heterocycles. The quantitative estimate of drug-likeness (QED) is 0.701. The van der Waals surface area contributed by atoms with Crippen molar-refractivity contribution >= 4 is 5.91 Å². The first kappa shape index (κ1) is 21.6. The van der Waals surface area contributed by atoms with Crippen molar-refractivity contribution < 1.29 is 23.0 Å². The van der Waals surface area contributed by atoms with Crippen LogP contribution in [0, 0.1) is 5.92 Å². The highest BCUT2D eigenvalue weighted by Crippen LogP contribution is 2.30. The number of hydrogen-bond acceptors (Lipinski definition) is 4. The maximum atomic E-state index is 12.8. The zero-order chi connectivity index (χ0) is 20.7. The second kappa shape index (κ2) is 10.0. The molecule has 0 aliphatic rings. The fraction of sp³-hybridized carbons (Fsp3) is 0.381. The molecule has 0 bridgehead atoms. The lowest BCUT2D eigenvalue weighted by atomic mass is 9.94. The van der Waals surface area contributed by atoms with Crippen molar-refractivity contribution in [3.05, 3.63) is 59.7 Å². The normalized spacial score (nSPS) is 13.1. The summed E-state index contributed by atoms with van der Waals surface area (Å²) in [4.78, 5) is 14.3. The lowest BCUT2D eigenvalue weighted by Gasteiger charge is -2.26. The smallest absolute Gasteiger partial charge is 0.387 e. The Labute approximate surface area is 164 Å². The van der Waals surface area contributed by atoms with Crippen LogP contribution in [0.4, 0.5) is 8.78 Å². The van der Waals surface area contributed by atoms with Gasteiger partial charge in [0.15, 0.2) is 11.5 Å². The highest BCUT2D eigenvalue weighted by molar-refractivity contribution is 5.79. The Hall–Kier alpha value is -2.67. The number of carbonyl (C=O) groups excluding carboxylic acids is 1. The Kier molecular flexibility index (Phi) is 7.75. The van der Waals surface area contributed by atoms with Crippen molar-refractivity contribution in [3.8, 4) is 11.5 Å². The molecule has 2 unspecified atom stereocenters. The number of nitrogens with zero attached hydrogens (tertiary/aromatic N) is 1. The van der Waals surface area contributed by atoms with Crippen LogP contribution in [0.15, 0.2) is 48.5 Å². The second-order valence-electron chi connectivity index (χ2n) is 6.51. The minimum absolute atomic E-state index is 0.0333. The molecule has 1 amide bonds. The molecule has 5 nitrogen and oxygen atoms in total. The first-order valence-electron chi connectivity index (χ1n) is 9.09. The van der Waals surface area contributed by atoms with Crippen LogP contribution < -0.4 is 15.2 Å². The molecule has 0 aliphatic carbocycles. The third-order valence-electron chi connectivity index (χ3n) is 4.43. The predicted octanol–water partition coefficient (Wildman–Crippen LogP) is 3.98. The van der Waals surface area contributed by atoms with Crippen molar-refractivity contribution in [3.63, 3.8) is 0 Å². The molecule has 2 atom stereocenters. The number of hydrogen-bond donors (Lipinski definition) is 1. The van der Waals surface area contributed by atoms with Gasteiger partial charge < -0.3 is 20.1 Å². The van der Waals surface area contributed by atoms with Crippen LogP contribution in [0.5, 0.6) is 11.5 Å². The summed E-state index contributed by atoms with van der Waals surface area (Å²) in [5.41, 5.74) is 7.88. The van der Waals surface area contributed by atoms with Crippen molar-refractivity contribution in [2.75, 3.05) is 13.7 Å². The number of carbonyl (C=O) groups is 1. The van der Waals surface area contributed by atoms with E-state index in [1.807, 2.05) is 30.3 Å². The van der Waals surface area contributed by atoms with E-state index in [2.05, 4.69) is 4.74 Å². The Balaban J connectivity index is 2.09. The Bertz CT molecular complexity index is 772. The Morgan fingerprint density at radius 3 is 2.43 bits per heavy atom. The molecular weight excluding hydrogens is 366 g/mol. The average molecular weight is 392 g/mol. The zero-order valence-corrected chi connectivity index (χ0v) is 16.3. The summed E-state index contributed by atoms with van der Waals surface area (Å²) in [5, 5.41) is 0. The Morgan fingerprint density at radius 2 is 1.82 bits per heavy atom. The molecule has 0 heterocycles. The summed E-state index contributed by atoms with van der Waals surface area (Å²) in [7, 11) is 1.68. The number of halogens is 2. The van der Waals surface area contributed by atoms with E-state index in [1.165, 1.54) is 6.07 Å². The van der Waals surface area contributed by atoms with E-state index in [0.717, 1.165) is 11.1 Å². The maximum absolute atomic E-state index is 12.8. The monoisotopic (exact) mass is 392 g/mol. The van der Waals surface area contributed by atoms with Gasteiger partial charge in [-0.3, -0.25) is 4.79 Å². The number of rotatable bonds is 9. The molecule has 0 aliphatic heterocycles. The summed E-state index contributed by atoms with van der Waals surface area (Å²) in [6.45, 7) is 1.21. The van der Waals surface area contributed by atoms with Gasteiger partial charge in [0.25, 0.3) is 0 Å². The van der Waals surface area contributed by atoms with E-state index in [4.69, 9.17) is 10.5 Å². The molecule has 0 spiro atoms. The zero-order valence-electron chi connectivity index (χ0n) is 16.3. The van der Waals surface area contributed by atoms with Gasteiger partial charge in [0.2, 0.25) is 5.91 Å². The Morgan fingerprint density at radius 1 is 1.14 bits per heavy atom. The van der Waals surface area contributed by atoms with E-state index in [-0.39, 0.29) is 17.4 Å². The standard InChI is InChI=1S/C21H26F2N2O3/c1-4-27-18-12-15(10-11-17(18)28-21(22)23)13-25(3)20(26)14(2)19(24)16-8-6-5-7-9-16/h5-12,14,19,21H,4,13,24H2,1-3H3. The summed E-state index contributed by atoms with van der Waals surface area (Å²) in [6.07, 6.45) is 0. The lowest BCUT2D eigenvalue weighted by molar-refractivity contribution is -0.134. The number of amides is 1. The van der Waals surface area contributed by atoms with Crippen LogP contribution in [0.25, 0.3) is 0 Å². The number of alkyl halides is 2. The van der Waals surface area contributed by atoms with Gasteiger partial charge in [-0.15, -0.1) is 0 Å². The first-order chi connectivity index (χ1) is 13.3. The highest BCUT2D eigenvalue weighted by atomic mass is 19.3. The topological polar surface area (TPSA) is 64.8 Å². The molecule has 2 N–H and O–H groups in total. The van der Waals surface area contributed by atoms with E-state index in [9.17, 15) is 13.6 Å². The van der Waals surface area contributed by atoms with Crippen LogP contribution in [0.3, 0.4) is 0 Å². The SMILES string of the molecule is CCOc1cc(CN(C)C(=O)C(C)C(N)c2ccccc2)ccc1OC(F)F. The minimum atomic E-state index is -2.94. The van der Waals surface area contributed by atoms with Gasteiger partial charge in [0.1, 0.15) is 0 Å². The van der Waals surface area contributed by atoms with Crippen LogP contribution >= 0.6 is 0 Å². The molecule has 2 aromatic carbocycles. The highest BCUT2D eigenvalue weighted by Gasteiger charge is 2.25. The second-order valence-corrected chi connectivity index (χ2v) is 6.51. The largest absolute Gasteiger partial charge is 0.490 e. The molecule has 28 heavy (non-hydrogen) atoms. The molecular formula is C21H26F2N2O3.